The van der Waals surface area contributed by atoms with Gasteiger partial charge in [0.25, 0.3) is 0 Å². The summed E-state index contributed by atoms with van der Waals surface area (Å²) in [5.74, 6) is -0.0197. The van der Waals surface area contributed by atoms with Gasteiger partial charge < -0.3 is 15.5 Å². The van der Waals surface area contributed by atoms with Gasteiger partial charge in [0.2, 0.25) is 11.8 Å². The first kappa shape index (κ1) is 19.6. The maximum atomic E-state index is 13.3. The van der Waals surface area contributed by atoms with Gasteiger partial charge in [0, 0.05) is 25.1 Å². The van der Waals surface area contributed by atoms with Crippen LogP contribution in [0.25, 0.3) is 0 Å². The minimum Gasteiger partial charge on any atom is -0.344 e. The number of hydrogen-bond donors (Lipinski definition) is 2. The number of likely N-dealkylation sites (N-methyl/N-ethyl adjacent to an activating group) is 1. The number of rotatable bonds is 6. The van der Waals surface area contributed by atoms with Gasteiger partial charge in [0.1, 0.15) is 6.04 Å². The van der Waals surface area contributed by atoms with Crippen molar-refractivity contribution >= 4 is 17.5 Å². The normalized spacial score (nSPS) is 20.7. The number of nitrogens with one attached hydrogen (secondary N) is 2. The van der Waals surface area contributed by atoms with Crippen molar-refractivity contribution in [2.75, 3.05) is 25.0 Å². The molecule has 5 nitrogen and oxygen atoms in total. The van der Waals surface area contributed by atoms with Crippen LogP contribution in [-0.4, -0.2) is 38.0 Å². The highest BCUT2D eigenvalue weighted by atomic mass is 16.2. The Bertz CT molecular complexity index is 847. The molecule has 2 atom stereocenters. The average molecular weight is 392 g/mol. The Morgan fingerprint density at radius 3 is 2.34 bits per heavy atom. The van der Waals surface area contributed by atoms with Crippen LogP contribution < -0.4 is 15.5 Å². The fraction of sp³-hybridized carbons (Fsp3) is 0.417. The van der Waals surface area contributed by atoms with Crippen LogP contribution >= 0.6 is 0 Å². The van der Waals surface area contributed by atoms with Crippen LogP contribution in [0.2, 0.25) is 0 Å². The van der Waals surface area contributed by atoms with E-state index in [-0.39, 0.29) is 23.1 Å². The molecule has 1 aliphatic carbocycles. The number of benzene rings is 2. The molecule has 0 radical (unpaired) electrons. The number of amides is 2. The van der Waals surface area contributed by atoms with E-state index in [1.54, 1.807) is 11.9 Å². The predicted molar refractivity (Wildman–Crippen MR) is 115 cm³/mol. The van der Waals surface area contributed by atoms with Crippen LogP contribution in [0.3, 0.4) is 0 Å². The highest BCUT2D eigenvalue weighted by Gasteiger charge is 2.57. The fourth-order valence-electron chi connectivity index (χ4n) is 4.53. The van der Waals surface area contributed by atoms with Gasteiger partial charge in [-0.2, -0.15) is 0 Å². The molecule has 2 fully saturated rings. The summed E-state index contributed by atoms with van der Waals surface area (Å²) in [6, 6.07) is 18.9. The highest BCUT2D eigenvalue weighted by molar-refractivity contribution is 5.99. The molecule has 1 saturated carbocycles. The van der Waals surface area contributed by atoms with E-state index in [9.17, 15) is 9.59 Å². The molecule has 2 amide bonds. The third kappa shape index (κ3) is 4.35. The van der Waals surface area contributed by atoms with Crippen LogP contribution in [0.5, 0.6) is 0 Å². The Morgan fingerprint density at radius 2 is 1.69 bits per heavy atom. The Kier molecular flexibility index (Phi) is 5.67. The molecule has 1 saturated heterocycles. The zero-order chi connectivity index (χ0) is 20.3. The van der Waals surface area contributed by atoms with Gasteiger partial charge in [-0.05, 0) is 55.5 Å². The SMILES string of the molecule is CN(C(=O)[C@H](Cc1ccccc1)NC(=O)C1CC12CCNCC2)c1ccccc1. The number of para-hydroxylation sites is 1. The summed E-state index contributed by atoms with van der Waals surface area (Å²) in [5.41, 5.74) is 2.02. The molecular weight excluding hydrogens is 362 g/mol. The number of carbonyl (C=O) groups is 2. The quantitative estimate of drug-likeness (QED) is 0.796. The second-order valence-corrected chi connectivity index (χ2v) is 8.35. The van der Waals surface area contributed by atoms with E-state index in [1.807, 2.05) is 60.7 Å². The van der Waals surface area contributed by atoms with Crippen molar-refractivity contribution in [3.8, 4) is 0 Å². The molecule has 1 aliphatic heterocycles. The molecular formula is C24H29N3O2. The maximum absolute atomic E-state index is 13.3. The van der Waals surface area contributed by atoms with Crippen LogP contribution in [0.1, 0.15) is 24.8 Å². The molecule has 1 unspecified atom stereocenters. The molecule has 5 heteroatoms. The molecule has 2 aromatic carbocycles. The molecule has 0 bridgehead atoms. The largest absolute Gasteiger partial charge is 0.344 e. The van der Waals surface area contributed by atoms with Crippen molar-refractivity contribution in [2.24, 2.45) is 11.3 Å². The van der Waals surface area contributed by atoms with Gasteiger partial charge in [0.15, 0.2) is 0 Å². The first-order chi connectivity index (χ1) is 14.1. The standard InChI is InChI=1S/C24H29N3O2/c1-27(19-10-6-3-7-11-19)23(29)21(16-18-8-4-2-5-9-18)26-22(28)20-17-24(20)12-14-25-15-13-24/h2-11,20-21,25H,12-17H2,1H3,(H,26,28)/t20?,21-/m0/s1. The van der Waals surface area contributed by atoms with E-state index in [0.717, 1.165) is 43.6 Å². The Labute approximate surface area is 172 Å². The molecule has 2 aliphatic rings. The minimum absolute atomic E-state index is 0.0302. The summed E-state index contributed by atoms with van der Waals surface area (Å²) < 4.78 is 0. The van der Waals surface area contributed by atoms with E-state index >= 15 is 0 Å². The average Bonchev–Trinajstić information content (AvgIpc) is 3.46. The minimum atomic E-state index is -0.575. The van der Waals surface area contributed by atoms with Crippen molar-refractivity contribution in [3.63, 3.8) is 0 Å². The molecule has 4 rings (SSSR count). The zero-order valence-electron chi connectivity index (χ0n) is 16.9. The van der Waals surface area contributed by atoms with E-state index in [0.29, 0.717) is 6.42 Å². The van der Waals surface area contributed by atoms with E-state index in [4.69, 9.17) is 0 Å². The first-order valence-corrected chi connectivity index (χ1v) is 10.5. The van der Waals surface area contributed by atoms with Crippen LogP contribution in [0, 0.1) is 11.3 Å². The second-order valence-electron chi connectivity index (χ2n) is 8.35. The van der Waals surface area contributed by atoms with E-state index in [2.05, 4.69) is 10.6 Å². The van der Waals surface area contributed by atoms with Gasteiger partial charge >= 0.3 is 0 Å². The lowest BCUT2D eigenvalue weighted by Gasteiger charge is -2.26. The lowest BCUT2D eigenvalue weighted by molar-refractivity contribution is -0.128. The van der Waals surface area contributed by atoms with E-state index in [1.165, 1.54) is 0 Å². The predicted octanol–water partition coefficient (Wildman–Crippen LogP) is 2.77. The number of hydrogen-bond acceptors (Lipinski definition) is 3. The fourth-order valence-corrected chi connectivity index (χ4v) is 4.53. The zero-order valence-corrected chi connectivity index (χ0v) is 16.9. The number of carbonyl (C=O) groups excluding carboxylic acids is 2. The molecule has 2 N–H and O–H groups in total. The van der Waals surface area contributed by atoms with Gasteiger partial charge in [-0.15, -0.1) is 0 Å². The number of piperidine rings is 1. The smallest absolute Gasteiger partial charge is 0.249 e. The summed E-state index contributed by atoms with van der Waals surface area (Å²) >= 11 is 0. The molecule has 152 valence electrons. The first-order valence-electron chi connectivity index (χ1n) is 10.5. The molecule has 1 spiro atoms. The molecule has 29 heavy (non-hydrogen) atoms. The van der Waals surface area contributed by atoms with Gasteiger partial charge in [-0.1, -0.05) is 48.5 Å². The highest BCUT2D eigenvalue weighted by Crippen LogP contribution is 2.58. The van der Waals surface area contributed by atoms with Crippen LogP contribution in [0.15, 0.2) is 60.7 Å². The number of anilines is 1. The Hall–Kier alpha value is -2.66. The van der Waals surface area contributed by atoms with Crippen molar-refractivity contribution in [1.29, 1.82) is 0 Å². The monoisotopic (exact) mass is 391 g/mol. The van der Waals surface area contributed by atoms with Gasteiger partial charge in [0.05, 0.1) is 0 Å². The van der Waals surface area contributed by atoms with Crippen molar-refractivity contribution in [2.45, 2.75) is 31.7 Å². The Morgan fingerprint density at radius 1 is 1.07 bits per heavy atom. The third-order valence-corrected chi connectivity index (χ3v) is 6.48. The van der Waals surface area contributed by atoms with Gasteiger partial charge in [-0.3, -0.25) is 9.59 Å². The van der Waals surface area contributed by atoms with Gasteiger partial charge in [-0.25, -0.2) is 0 Å². The van der Waals surface area contributed by atoms with E-state index < -0.39 is 6.04 Å². The molecule has 0 aromatic heterocycles. The van der Waals surface area contributed by atoms with Crippen LogP contribution in [-0.2, 0) is 16.0 Å². The summed E-state index contributed by atoms with van der Waals surface area (Å²) in [6.45, 7) is 1.96. The second kappa shape index (κ2) is 8.37. The van der Waals surface area contributed by atoms with Crippen LogP contribution in [0.4, 0.5) is 5.69 Å². The molecule has 2 aromatic rings. The summed E-state index contributed by atoms with van der Waals surface area (Å²) in [6.07, 6.45) is 3.53. The van der Waals surface area contributed by atoms with Crippen molar-refractivity contribution in [1.82, 2.24) is 10.6 Å². The van der Waals surface area contributed by atoms with Crippen molar-refractivity contribution in [3.05, 3.63) is 66.2 Å². The summed E-state index contributed by atoms with van der Waals surface area (Å²) in [5, 5.41) is 6.47. The lowest BCUT2D eigenvalue weighted by atomic mass is 9.91. The summed E-state index contributed by atoms with van der Waals surface area (Å²) in [4.78, 5) is 28.0. The Balaban J connectivity index is 1.49. The molecule has 1 heterocycles. The topological polar surface area (TPSA) is 61.4 Å². The van der Waals surface area contributed by atoms with Crippen molar-refractivity contribution < 1.29 is 9.59 Å². The summed E-state index contributed by atoms with van der Waals surface area (Å²) in [7, 11) is 1.77. The maximum Gasteiger partial charge on any atom is 0.249 e. The third-order valence-electron chi connectivity index (χ3n) is 6.48. The number of nitrogens with zero attached hydrogens (tertiary/aromatic N) is 1. The lowest BCUT2D eigenvalue weighted by Crippen LogP contribution is -2.49.